The van der Waals surface area contributed by atoms with Gasteiger partial charge in [0.1, 0.15) is 17.9 Å². The van der Waals surface area contributed by atoms with Crippen LogP contribution in [-0.4, -0.2) is 28.0 Å². The van der Waals surface area contributed by atoms with Crippen molar-refractivity contribution in [1.82, 2.24) is 5.32 Å². The van der Waals surface area contributed by atoms with Gasteiger partial charge >= 0.3 is 5.97 Å². The average molecular weight is 493 g/mol. The lowest BCUT2D eigenvalue weighted by Gasteiger charge is -2.29. The molecule has 0 spiro atoms. The highest BCUT2D eigenvalue weighted by molar-refractivity contribution is 7.80. The smallest absolute Gasteiger partial charge is 0.335 e. The van der Waals surface area contributed by atoms with Crippen LogP contribution in [0.2, 0.25) is 5.02 Å². The molecule has 7 nitrogen and oxygen atoms in total. The maximum atomic E-state index is 13.3. The second-order valence-electron chi connectivity index (χ2n) is 7.27. The average Bonchev–Trinajstić information content (AvgIpc) is 2.82. The number of para-hydroxylation sites is 1. The molecule has 3 aromatic rings. The number of nitrogens with zero attached hydrogens (tertiary/aromatic N) is 1. The molecule has 0 atom stereocenters. The van der Waals surface area contributed by atoms with Crippen LogP contribution in [0.4, 0.5) is 5.69 Å². The molecule has 9 heteroatoms. The van der Waals surface area contributed by atoms with Crippen molar-refractivity contribution >= 4 is 58.5 Å². The normalized spacial score (nSPS) is 14.8. The third-order valence-electron chi connectivity index (χ3n) is 4.98. The molecular weight excluding hydrogens is 476 g/mol. The van der Waals surface area contributed by atoms with Gasteiger partial charge in [-0.2, -0.15) is 0 Å². The molecule has 0 aliphatic carbocycles. The van der Waals surface area contributed by atoms with Crippen molar-refractivity contribution < 1.29 is 24.2 Å². The van der Waals surface area contributed by atoms with E-state index in [1.165, 1.54) is 30.3 Å². The summed E-state index contributed by atoms with van der Waals surface area (Å²) in [6.45, 7) is 0.260. The fourth-order valence-corrected chi connectivity index (χ4v) is 3.71. The minimum atomic E-state index is -1.15. The number of amides is 2. The first kappa shape index (κ1) is 23.2. The number of carbonyl (C=O) groups is 3. The van der Waals surface area contributed by atoms with E-state index < -0.39 is 17.8 Å². The van der Waals surface area contributed by atoms with Gasteiger partial charge in [0.25, 0.3) is 11.8 Å². The van der Waals surface area contributed by atoms with Crippen molar-refractivity contribution in [2.75, 3.05) is 4.90 Å². The quantitative estimate of drug-likeness (QED) is 0.300. The molecule has 0 bridgehead atoms. The molecule has 4 rings (SSSR count). The minimum absolute atomic E-state index is 0.0172. The predicted octanol–water partition coefficient (Wildman–Crippen LogP) is 4.45. The number of carbonyl (C=O) groups excluding carboxylic acids is 2. The van der Waals surface area contributed by atoms with Crippen LogP contribution < -0.4 is 15.0 Å². The highest BCUT2D eigenvalue weighted by Gasteiger charge is 2.35. The fraction of sp³-hybridized carbons (Fsp3) is 0.0400. The number of ether oxygens (including phenoxy) is 1. The van der Waals surface area contributed by atoms with Crippen LogP contribution in [0.5, 0.6) is 5.75 Å². The van der Waals surface area contributed by atoms with Crippen LogP contribution in [0, 0.1) is 0 Å². The Morgan fingerprint density at radius 1 is 1.06 bits per heavy atom. The summed E-state index contributed by atoms with van der Waals surface area (Å²) >= 11 is 11.1. The number of hydrogen-bond acceptors (Lipinski definition) is 5. The Morgan fingerprint density at radius 2 is 1.79 bits per heavy atom. The van der Waals surface area contributed by atoms with Gasteiger partial charge in [-0.15, -0.1) is 0 Å². The Bertz CT molecular complexity index is 1340. The van der Waals surface area contributed by atoms with Crippen LogP contribution in [0.1, 0.15) is 21.5 Å². The van der Waals surface area contributed by atoms with Gasteiger partial charge < -0.3 is 9.84 Å². The Labute approximate surface area is 205 Å². The molecule has 0 saturated carbocycles. The van der Waals surface area contributed by atoms with Crippen LogP contribution >= 0.6 is 23.8 Å². The van der Waals surface area contributed by atoms with Gasteiger partial charge in [0.2, 0.25) is 0 Å². The lowest BCUT2D eigenvalue weighted by molar-refractivity contribution is -0.122. The second kappa shape index (κ2) is 9.86. The van der Waals surface area contributed by atoms with E-state index in [2.05, 4.69) is 5.32 Å². The molecule has 3 aromatic carbocycles. The van der Waals surface area contributed by atoms with E-state index in [1.807, 2.05) is 12.1 Å². The highest BCUT2D eigenvalue weighted by Crippen LogP contribution is 2.26. The number of rotatable bonds is 6. The van der Waals surface area contributed by atoms with Gasteiger partial charge in [0, 0.05) is 10.6 Å². The lowest BCUT2D eigenvalue weighted by Crippen LogP contribution is -2.54. The van der Waals surface area contributed by atoms with Crippen LogP contribution in [0.25, 0.3) is 6.08 Å². The van der Waals surface area contributed by atoms with E-state index in [0.29, 0.717) is 16.3 Å². The molecular formula is C25H17ClN2O5S. The molecule has 1 aliphatic rings. The van der Waals surface area contributed by atoms with Gasteiger partial charge in [-0.05, 0) is 60.3 Å². The summed E-state index contributed by atoms with van der Waals surface area (Å²) < 4.78 is 5.91. The largest absolute Gasteiger partial charge is 0.488 e. The van der Waals surface area contributed by atoms with Crippen LogP contribution in [0.3, 0.4) is 0 Å². The van der Waals surface area contributed by atoms with Gasteiger partial charge in [0.05, 0.1) is 11.3 Å². The number of hydrogen-bond donors (Lipinski definition) is 2. The van der Waals surface area contributed by atoms with E-state index in [-0.39, 0.29) is 28.5 Å². The van der Waals surface area contributed by atoms with E-state index in [9.17, 15) is 19.5 Å². The summed E-state index contributed by atoms with van der Waals surface area (Å²) in [6.07, 6.45) is 1.42. The SMILES string of the molecule is O=C1NC(=S)N(c2cccc(C(=O)O)c2)C(=O)C1=Cc1ccccc1OCc1ccc(Cl)cc1. The molecule has 2 N–H and O–H groups in total. The number of halogens is 1. The summed E-state index contributed by atoms with van der Waals surface area (Å²) in [6, 6.07) is 19.9. The van der Waals surface area contributed by atoms with Crippen molar-refractivity contribution in [3.63, 3.8) is 0 Å². The lowest BCUT2D eigenvalue weighted by atomic mass is 10.1. The Hall–Kier alpha value is -4.01. The molecule has 34 heavy (non-hydrogen) atoms. The molecule has 170 valence electrons. The monoisotopic (exact) mass is 492 g/mol. The molecule has 2 amide bonds. The number of thiocarbonyl (C=S) groups is 1. The second-order valence-corrected chi connectivity index (χ2v) is 8.09. The summed E-state index contributed by atoms with van der Waals surface area (Å²) in [7, 11) is 0. The zero-order chi connectivity index (χ0) is 24.2. The van der Waals surface area contributed by atoms with E-state index >= 15 is 0 Å². The number of anilines is 1. The summed E-state index contributed by atoms with van der Waals surface area (Å²) in [4.78, 5) is 38.3. The molecule has 1 fully saturated rings. The topological polar surface area (TPSA) is 95.9 Å². The first-order valence-electron chi connectivity index (χ1n) is 10.0. The van der Waals surface area contributed by atoms with Crippen molar-refractivity contribution in [3.05, 3.63) is 100 Å². The van der Waals surface area contributed by atoms with E-state index in [0.717, 1.165) is 10.5 Å². The fourth-order valence-electron chi connectivity index (χ4n) is 3.30. The van der Waals surface area contributed by atoms with Crippen LogP contribution in [0.15, 0.2) is 78.4 Å². The first-order valence-corrected chi connectivity index (χ1v) is 10.8. The van der Waals surface area contributed by atoms with E-state index in [4.69, 9.17) is 28.6 Å². The zero-order valence-electron chi connectivity index (χ0n) is 17.5. The standard InChI is InChI=1S/C25H17ClN2O5S/c26-18-10-8-15(9-11-18)14-33-21-7-2-1-4-16(21)13-20-22(29)27-25(34)28(23(20)30)19-6-3-5-17(12-19)24(31)32/h1-13H,14H2,(H,31,32)(H,27,29,34). The van der Waals surface area contributed by atoms with Crippen molar-refractivity contribution in [1.29, 1.82) is 0 Å². The third kappa shape index (κ3) is 4.98. The zero-order valence-corrected chi connectivity index (χ0v) is 19.1. The van der Waals surface area contributed by atoms with Gasteiger partial charge in [0.15, 0.2) is 5.11 Å². The van der Waals surface area contributed by atoms with Crippen molar-refractivity contribution in [2.45, 2.75) is 6.61 Å². The summed E-state index contributed by atoms with van der Waals surface area (Å²) in [5.74, 6) is -2.01. The summed E-state index contributed by atoms with van der Waals surface area (Å²) in [5.41, 5.74) is 1.46. The Morgan fingerprint density at radius 3 is 2.53 bits per heavy atom. The highest BCUT2D eigenvalue weighted by atomic mass is 35.5. The molecule has 1 aliphatic heterocycles. The van der Waals surface area contributed by atoms with E-state index in [1.54, 1.807) is 36.4 Å². The number of carboxylic acids is 1. The maximum Gasteiger partial charge on any atom is 0.335 e. The number of nitrogens with one attached hydrogen (secondary N) is 1. The minimum Gasteiger partial charge on any atom is -0.488 e. The van der Waals surface area contributed by atoms with Gasteiger partial charge in [-0.3, -0.25) is 19.8 Å². The first-order chi connectivity index (χ1) is 16.3. The van der Waals surface area contributed by atoms with Gasteiger partial charge in [-0.1, -0.05) is 48.0 Å². The third-order valence-corrected chi connectivity index (χ3v) is 5.52. The van der Waals surface area contributed by atoms with Crippen LogP contribution in [-0.2, 0) is 16.2 Å². The number of carboxylic acid groups (broad SMARTS) is 1. The molecule has 0 unspecified atom stereocenters. The maximum absolute atomic E-state index is 13.3. The Balaban J connectivity index is 1.64. The van der Waals surface area contributed by atoms with Gasteiger partial charge in [-0.25, -0.2) is 4.79 Å². The number of benzene rings is 3. The number of aromatic carboxylic acids is 1. The molecule has 0 aromatic heterocycles. The molecule has 0 radical (unpaired) electrons. The molecule has 1 saturated heterocycles. The van der Waals surface area contributed by atoms with Crippen molar-refractivity contribution in [2.24, 2.45) is 0 Å². The predicted molar refractivity (Wildman–Crippen MR) is 132 cm³/mol. The van der Waals surface area contributed by atoms with Crippen molar-refractivity contribution in [3.8, 4) is 5.75 Å². The summed E-state index contributed by atoms with van der Waals surface area (Å²) in [5, 5.41) is 12.2. The Kier molecular flexibility index (Phi) is 6.72. The molecule has 1 heterocycles.